The first kappa shape index (κ1) is 10.9. The molecular formula is C12H18O2. The van der Waals surface area contributed by atoms with Crippen LogP contribution in [0.4, 0.5) is 0 Å². The summed E-state index contributed by atoms with van der Waals surface area (Å²) in [6.07, 6.45) is 0.813. The summed E-state index contributed by atoms with van der Waals surface area (Å²) in [5.41, 5.74) is 0.730. The Morgan fingerprint density at radius 3 is 2.43 bits per heavy atom. The third kappa shape index (κ3) is 2.95. The minimum atomic E-state index is -0.192. The van der Waals surface area contributed by atoms with E-state index >= 15 is 0 Å². The molecule has 0 aliphatic heterocycles. The Kier molecular flexibility index (Phi) is 3.04. The third-order valence-electron chi connectivity index (χ3n) is 1.86. The zero-order valence-corrected chi connectivity index (χ0v) is 9.29. The lowest BCUT2D eigenvalue weighted by atomic mass is 10.1. The monoisotopic (exact) mass is 194 g/mol. The van der Waals surface area contributed by atoms with Crippen LogP contribution in [-0.2, 0) is 6.42 Å². The van der Waals surface area contributed by atoms with Gasteiger partial charge < -0.3 is 9.84 Å². The van der Waals surface area contributed by atoms with Crippen molar-refractivity contribution in [1.82, 2.24) is 0 Å². The van der Waals surface area contributed by atoms with E-state index < -0.39 is 0 Å². The molecule has 2 nitrogen and oxygen atoms in total. The first-order valence-electron chi connectivity index (χ1n) is 4.93. The lowest BCUT2D eigenvalue weighted by Crippen LogP contribution is -2.22. The van der Waals surface area contributed by atoms with Gasteiger partial charge in [0.1, 0.15) is 17.1 Å². The topological polar surface area (TPSA) is 29.5 Å². The number of hydrogen-bond donors (Lipinski definition) is 1. The van der Waals surface area contributed by atoms with Crippen LogP contribution in [0.1, 0.15) is 33.3 Å². The van der Waals surface area contributed by atoms with Gasteiger partial charge in [-0.25, -0.2) is 0 Å². The van der Waals surface area contributed by atoms with Crippen LogP contribution in [0.2, 0.25) is 0 Å². The standard InChI is InChI=1S/C12H18O2/c1-5-9-8-10(6-7-11(9)13)14-12(2,3)4/h6-8,13H,5H2,1-4H3. The van der Waals surface area contributed by atoms with Crippen LogP contribution in [0.25, 0.3) is 0 Å². The highest BCUT2D eigenvalue weighted by Crippen LogP contribution is 2.25. The number of phenols is 1. The lowest BCUT2D eigenvalue weighted by Gasteiger charge is -2.21. The van der Waals surface area contributed by atoms with Crippen molar-refractivity contribution in [3.8, 4) is 11.5 Å². The van der Waals surface area contributed by atoms with Crippen LogP contribution in [0.15, 0.2) is 18.2 Å². The first-order valence-corrected chi connectivity index (χ1v) is 4.93. The summed E-state index contributed by atoms with van der Waals surface area (Å²) in [7, 11) is 0. The average Bonchev–Trinajstić information content (AvgIpc) is 2.06. The number of rotatable bonds is 2. The summed E-state index contributed by atoms with van der Waals surface area (Å²) >= 11 is 0. The van der Waals surface area contributed by atoms with Crippen LogP contribution in [0.3, 0.4) is 0 Å². The predicted molar refractivity (Wildman–Crippen MR) is 57.9 cm³/mol. The number of aromatic hydroxyl groups is 1. The zero-order valence-electron chi connectivity index (χ0n) is 9.29. The fraction of sp³-hybridized carbons (Fsp3) is 0.500. The molecule has 0 fully saturated rings. The van der Waals surface area contributed by atoms with E-state index in [2.05, 4.69) is 0 Å². The van der Waals surface area contributed by atoms with Gasteiger partial charge in [-0.1, -0.05) is 6.92 Å². The molecule has 1 aromatic rings. The van der Waals surface area contributed by atoms with Gasteiger partial charge in [0.25, 0.3) is 0 Å². The molecule has 1 aromatic carbocycles. The molecule has 0 saturated heterocycles. The average molecular weight is 194 g/mol. The van der Waals surface area contributed by atoms with E-state index in [0.29, 0.717) is 5.75 Å². The normalized spacial score (nSPS) is 11.4. The molecule has 14 heavy (non-hydrogen) atoms. The number of hydrogen-bond acceptors (Lipinski definition) is 2. The van der Waals surface area contributed by atoms with E-state index in [1.54, 1.807) is 12.1 Å². The minimum absolute atomic E-state index is 0.192. The molecule has 0 unspecified atom stereocenters. The summed E-state index contributed by atoms with van der Waals surface area (Å²) < 4.78 is 5.69. The van der Waals surface area contributed by atoms with Gasteiger partial charge in [0, 0.05) is 0 Å². The van der Waals surface area contributed by atoms with Gasteiger partial charge in [-0.2, -0.15) is 0 Å². The molecule has 0 spiro atoms. The van der Waals surface area contributed by atoms with Gasteiger partial charge in [0.05, 0.1) is 0 Å². The molecule has 78 valence electrons. The molecule has 0 aliphatic rings. The molecule has 0 aliphatic carbocycles. The van der Waals surface area contributed by atoms with E-state index in [-0.39, 0.29) is 5.60 Å². The summed E-state index contributed by atoms with van der Waals surface area (Å²) in [4.78, 5) is 0. The number of aryl methyl sites for hydroxylation is 1. The van der Waals surface area contributed by atoms with Gasteiger partial charge in [-0.05, 0) is 51.0 Å². The number of ether oxygens (including phenoxy) is 1. The predicted octanol–water partition coefficient (Wildman–Crippen LogP) is 3.13. The molecular weight excluding hydrogens is 176 g/mol. The highest BCUT2D eigenvalue weighted by atomic mass is 16.5. The Morgan fingerprint density at radius 2 is 1.93 bits per heavy atom. The molecule has 0 aromatic heterocycles. The Labute approximate surface area is 85.5 Å². The van der Waals surface area contributed by atoms with Crippen molar-refractivity contribution in [2.75, 3.05) is 0 Å². The molecule has 2 heteroatoms. The second-order valence-electron chi connectivity index (χ2n) is 4.36. The van der Waals surface area contributed by atoms with Crippen LogP contribution < -0.4 is 4.74 Å². The van der Waals surface area contributed by atoms with Crippen LogP contribution in [0.5, 0.6) is 11.5 Å². The fourth-order valence-corrected chi connectivity index (χ4v) is 1.26. The van der Waals surface area contributed by atoms with E-state index in [4.69, 9.17) is 4.74 Å². The molecule has 1 rings (SSSR count). The second-order valence-corrected chi connectivity index (χ2v) is 4.36. The Hall–Kier alpha value is -1.18. The van der Waals surface area contributed by atoms with E-state index in [9.17, 15) is 5.11 Å². The van der Waals surface area contributed by atoms with Gasteiger partial charge in [-0.15, -0.1) is 0 Å². The maximum absolute atomic E-state index is 9.48. The Bertz CT molecular complexity index is 311. The van der Waals surface area contributed by atoms with Crippen molar-refractivity contribution in [3.05, 3.63) is 23.8 Å². The van der Waals surface area contributed by atoms with Crippen molar-refractivity contribution >= 4 is 0 Å². The van der Waals surface area contributed by atoms with Crippen LogP contribution in [0, 0.1) is 0 Å². The van der Waals surface area contributed by atoms with E-state index in [1.807, 2.05) is 33.8 Å². The summed E-state index contributed by atoms with van der Waals surface area (Å²) in [5.74, 6) is 1.15. The van der Waals surface area contributed by atoms with E-state index in [1.165, 1.54) is 0 Å². The fourth-order valence-electron chi connectivity index (χ4n) is 1.26. The van der Waals surface area contributed by atoms with Crippen molar-refractivity contribution in [3.63, 3.8) is 0 Å². The molecule has 0 amide bonds. The SMILES string of the molecule is CCc1cc(OC(C)(C)C)ccc1O. The van der Waals surface area contributed by atoms with E-state index in [0.717, 1.165) is 17.7 Å². The lowest BCUT2D eigenvalue weighted by molar-refractivity contribution is 0.130. The van der Waals surface area contributed by atoms with Crippen molar-refractivity contribution in [2.45, 2.75) is 39.7 Å². The number of phenolic OH excluding ortho intramolecular Hbond substituents is 1. The highest BCUT2D eigenvalue weighted by Gasteiger charge is 2.12. The summed E-state index contributed by atoms with van der Waals surface area (Å²) in [6, 6.07) is 5.36. The maximum atomic E-state index is 9.48. The highest BCUT2D eigenvalue weighted by molar-refractivity contribution is 5.39. The summed E-state index contributed by atoms with van der Waals surface area (Å²) in [5, 5.41) is 9.48. The van der Waals surface area contributed by atoms with Crippen molar-refractivity contribution < 1.29 is 9.84 Å². The largest absolute Gasteiger partial charge is 0.508 e. The van der Waals surface area contributed by atoms with Crippen LogP contribution >= 0.6 is 0 Å². The molecule has 0 radical (unpaired) electrons. The van der Waals surface area contributed by atoms with Gasteiger partial charge in [-0.3, -0.25) is 0 Å². The Morgan fingerprint density at radius 1 is 1.29 bits per heavy atom. The molecule has 0 heterocycles. The van der Waals surface area contributed by atoms with Gasteiger partial charge in [0.2, 0.25) is 0 Å². The minimum Gasteiger partial charge on any atom is -0.508 e. The quantitative estimate of drug-likeness (QED) is 0.783. The Balaban J connectivity index is 2.90. The molecule has 0 saturated carbocycles. The molecule has 0 bridgehead atoms. The third-order valence-corrected chi connectivity index (χ3v) is 1.86. The second kappa shape index (κ2) is 3.91. The van der Waals surface area contributed by atoms with Gasteiger partial charge >= 0.3 is 0 Å². The zero-order chi connectivity index (χ0) is 10.8. The first-order chi connectivity index (χ1) is 6.42. The molecule has 0 atom stereocenters. The van der Waals surface area contributed by atoms with Gasteiger partial charge in [0.15, 0.2) is 0 Å². The van der Waals surface area contributed by atoms with Crippen molar-refractivity contribution in [2.24, 2.45) is 0 Å². The van der Waals surface area contributed by atoms with Crippen molar-refractivity contribution in [1.29, 1.82) is 0 Å². The van der Waals surface area contributed by atoms with Crippen LogP contribution in [-0.4, -0.2) is 10.7 Å². The maximum Gasteiger partial charge on any atom is 0.120 e. The number of benzene rings is 1. The summed E-state index contributed by atoms with van der Waals surface area (Å²) in [6.45, 7) is 8.03. The smallest absolute Gasteiger partial charge is 0.120 e. The molecule has 1 N–H and O–H groups in total.